The Morgan fingerprint density at radius 3 is 2.21 bits per heavy atom. The molecule has 0 amide bonds. The van der Waals surface area contributed by atoms with Gasteiger partial charge in [-0.05, 0) is 18.2 Å². The number of aliphatic carboxylic acids is 1. The molecule has 1 rings (SSSR count). The Bertz CT molecular complexity index is 301. The smallest absolute Gasteiger partial charge is 0.300 e. The van der Waals surface area contributed by atoms with Crippen LogP contribution < -0.4 is 11.9 Å². The third kappa shape index (κ3) is 7.20. The number of aromatic hydroxyl groups is 1. The number of phenols is 1. The van der Waals surface area contributed by atoms with Gasteiger partial charge in [0, 0.05) is 11.9 Å². The highest BCUT2D eigenvalue weighted by Gasteiger charge is 1.93. The summed E-state index contributed by atoms with van der Waals surface area (Å²) in [4.78, 5) is 9.00. The predicted octanol–water partition coefficient (Wildman–Crippen LogP) is 1.88. The Morgan fingerprint density at radius 1 is 1.50 bits per heavy atom. The van der Waals surface area contributed by atoms with Crippen LogP contribution in [0.2, 0.25) is 5.02 Å². The molecule has 0 atom stereocenters. The van der Waals surface area contributed by atoms with E-state index in [0.717, 1.165) is 6.92 Å². The average Bonchev–Trinajstić information content (AvgIpc) is 1.96. The molecule has 0 radical (unpaired) electrons. The zero-order valence-corrected chi connectivity index (χ0v) is 8.45. The van der Waals surface area contributed by atoms with Crippen molar-refractivity contribution < 1.29 is 15.0 Å². The lowest BCUT2D eigenvalue weighted by Crippen LogP contribution is -1.83. The lowest BCUT2D eigenvalue weighted by atomic mass is 10.3. The maximum Gasteiger partial charge on any atom is 0.300 e. The number of carboxylic acid groups (broad SMARTS) is 1. The minimum atomic E-state index is -0.833. The molecule has 0 aliphatic heterocycles. The fourth-order valence-electron chi connectivity index (χ4n) is 0.525. The maximum atomic E-state index is 9.00. The molecule has 6 heteroatoms. The van der Waals surface area contributed by atoms with Crippen molar-refractivity contribution in [1.82, 2.24) is 6.15 Å². The summed E-state index contributed by atoms with van der Waals surface area (Å²) in [6, 6.07) is 4.53. The van der Waals surface area contributed by atoms with E-state index in [-0.39, 0.29) is 11.9 Å². The second-order valence-electron chi connectivity index (χ2n) is 2.22. The monoisotopic (exact) mass is 220 g/mol. The van der Waals surface area contributed by atoms with Crippen LogP contribution in [0.25, 0.3) is 0 Å². The molecular formula is C8H13ClN2O3. The summed E-state index contributed by atoms with van der Waals surface area (Å²) in [5.41, 5.74) is 5.59. The molecule has 7 N–H and O–H groups in total. The van der Waals surface area contributed by atoms with Gasteiger partial charge in [-0.15, -0.1) is 0 Å². The fourth-order valence-corrected chi connectivity index (χ4v) is 0.706. The van der Waals surface area contributed by atoms with Crippen LogP contribution in [0.5, 0.6) is 5.75 Å². The Labute approximate surface area is 86.7 Å². The second kappa shape index (κ2) is 6.99. The van der Waals surface area contributed by atoms with Gasteiger partial charge in [0.05, 0.1) is 5.69 Å². The Morgan fingerprint density at radius 2 is 1.93 bits per heavy atom. The van der Waals surface area contributed by atoms with Gasteiger partial charge in [-0.1, -0.05) is 11.6 Å². The quantitative estimate of drug-likeness (QED) is 0.393. The first kappa shape index (κ1) is 15.0. The van der Waals surface area contributed by atoms with E-state index in [9.17, 15) is 0 Å². The Kier molecular flexibility index (Phi) is 7.51. The molecular weight excluding hydrogens is 208 g/mol. The van der Waals surface area contributed by atoms with E-state index in [1.54, 1.807) is 6.07 Å². The molecule has 0 aromatic heterocycles. The number of carbonyl (C=O) groups is 1. The topological polar surface area (TPSA) is 119 Å². The minimum Gasteiger partial charge on any atom is -0.506 e. The third-order valence-corrected chi connectivity index (χ3v) is 1.22. The van der Waals surface area contributed by atoms with E-state index in [1.807, 2.05) is 0 Å². The number of nitrogens with two attached hydrogens (primary N) is 1. The average molecular weight is 221 g/mol. The molecule has 0 bridgehead atoms. The van der Waals surface area contributed by atoms with Crippen LogP contribution in [0, 0.1) is 0 Å². The number of carboxylic acids is 1. The molecule has 0 spiro atoms. The van der Waals surface area contributed by atoms with E-state index in [2.05, 4.69) is 0 Å². The van der Waals surface area contributed by atoms with Crippen molar-refractivity contribution in [3.8, 4) is 5.75 Å². The molecule has 0 unspecified atom stereocenters. The molecule has 0 aliphatic carbocycles. The van der Waals surface area contributed by atoms with Gasteiger partial charge in [0.25, 0.3) is 5.97 Å². The molecule has 0 saturated heterocycles. The van der Waals surface area contributed by atoms with E-state index in [0.29, 0.717) is 10.7 Å². The minimum absolute atomic E-state index is 0. The summed E-state index contributed by atoms with van der Waals surface area (Å²) in [7, 11) is 0. The summed E-state index contributed by atoms with van der Waals surface area (Å²) in [6.07, 6.45) is 0. The first-order valence-electron chi connectivity index (χ1n) is 3.37. The number of rotatable bonds is 0. The van der Waals surface area contributed by atoms with Crippen molar-refractivity contribution in [2.45, 2.75) is 6.92 Å². The first-order valence-corrected chi connectivity index (χ1v) is 3.74. The van der Waals surface area contributed by atoms with Crippen LogP contribution in [0.4, 0.5) is 5.69 Å². The van der Waals surface area contributed by atoms with E-state index in [4.69, 9.17) is 32.3 Å². The molecule has 5 nitrogen and oxygen atoms in total. The van der Waals surface area contributed by atoms with E-state index in [1.165, 1.54) is 12.1 Å². The van der Waals surface area contributed by atoms with Gasteiger partial charge >= 0.3 is 0 Å². The molecule has 1 aromatic carbocycles. The number of hydrogen-bond donors (Lipinski definition) is 4. The Hall–Kier alpha value is -1.46. The summed E-state index contributed by atoms with van der Waals surface area (Å²) in [5, 5.41) is 16.8. The molecule has 0 fully saturated rings. The van der Waals surface area contributed by atoms with Crippen LogP contribution in [0.1, 0.15) is 6.92 Å². The van der Waals surface area contributed by atoms with Crippen molar-refractivity contribution in [3.05, 3.63) is 23.2 Å². The normalized spacial score (nSPS) is 7.86. The van der Waals surface area contributed by atoms with Crippen LogP contribution in [-0.4, -0.2) is 16.2 Å². The number of anilines is 1. The van der Waals surface area contributed by atoms with Crippen LogP contribution in [0.15, 0.2) is 18.2 Å². The molecule has 0 heterocycles. The van der Waals surface area contributed by atoms with E-state index >= 15 is 0 Å². The van der Waals surface area contributed by atoms with Crippen molar-refractivity contribution in [2.24, 2.45) is 0 Å². The number of phenolic OH excluding ortho intramolecular Hbond substituents is 1. The standard InChI is InChI=1S/C6H6ClNO.C2H4O2.H3N/c7-4-1-2-6(9)5(8)3-4;1-2(3)4;/h1-3,9H,8H2;1H3,(H,3,4);1H3. The van der Waals surface area contributed by atoms with Gasteiger partial charge in [0.1, 0.15) is 5.75 Å². The van der Waals surface area contributed by atoms with E-state index < -0.39 is 5.97 Å². The van der Waals surface area contributed by atoms with Crippen molar-refractivity contribution >= 4 is 23.3 Å². The maximum absolute atomic E-state index is 9.00. The van der Waals surface area contributed by atoms with Gasteiger partial charge < -0.3 is 22.1 Å². The molecule has 0 aliphatic rings. The lowest BCUT2D eigenvalue weighted by molar-refractivity contribution is -0.134. The molecule has 0 saturated carbocycles. The van der Waals surface area contributed by atoms with Crippen LogP contribution >= 0.6 is 11.6 Å². The van der Waals surface area contributed by atoms with Crippen LogP contribution in [-0.2, 0) is 4.79 Å². The largest absolute Gasteiger partial charge is 0.506 e. The fraction of sp³-hybridized carbons (Fsp3) is 0.125. The number of nitrogen functional groups attached to an aromatic ring is 1. The predicted molar refractivity (Wildman–Crippen MR) is 55.9 cm³/mol. The highest BCUT2D eigenvalue weighted by Crippen LogP contribution is 2.22. The lowest BCUT2D eigenvalue weighted by Gasteiger charge is -1.95. The summed E-state index contributed by atoms with van der Waals surface area (Å²) in [5.74, 6) is -0.764. The Balaban J connectivity index is 0. The third-order valence-electron chi connectivity index (χ3n) is 0.990. The number of benzene rings is 1. The number of hydrogen-bond acceptors (Lipinski definition) is 4. The first-order chi connectivity index (χ1) is 5.93. The van der Waals surface area contributed by atoms with Gasteiger partial charge in [0.2, 0.25) is 0 Å². The molecule has 1 aromatic rings. The van der Waals surface area contributed by atoms with Gasteiger partial charge in [-0.2, -0.15) is 0 Å². The summed E-state index contributed by atoms with van der Waals surface area (Å²) >= 11 is 5.53. The zero-order chi connectivity index (χ0) is 10.4. The zero-order valence-electron chi connectivity index (χ0n) is 7.70. The SMILES string of the molecule is CC(=O)O.N.Nc1cc(Cl)ccc1O. The van der Waals surface area contributed by atoms with Crippen molar-refractivity contribution in [2.75, 3.05) is 5.73 Å². The highest BCUT2D eigenvalue weighted by molar-refractivity contribution is 6.30. The van der Waals surface area contributed by atoms with Crippen LogP contribution in [0.3, 0.4) is 0 Å². The summed E-state index contributed by atoms with van der Waals surface area (Å²) < 4.78 is 0. The van der Waals surface area contributed by atoms with Gasteiger partial charge in [-0.3, -0.25) is 4.79 Å². The second-order valence-corrected chi connectivity index (χ2v) is 2.66. The highest BCUT2D eigenvalue weighted by atomic mass is 35.5. The molecule has 80 valence electrons. The van der Waals surface area contributed by atoms with Gasteiger partial charge in [-0.25, -0.2) is 0 Å². The van der Waals surface area contributed by atoms with Crippen molar-refractivity contribution in [3.63, 3.8) is 0 Å². The number of halogens is 1. The van der Waals surface area contributed by atoms with Gasteiger partial charge in [0.15, 0.2) is 0 Å². The van der Waals surface area contributed by atoms with Crippen molar-refractivity contribution in [1.29, 1.82) is 0 Å². The summed E-state index contributed by atoms with van der Waals surface area (Å²) in [6.45, 7) is 1.08. The molecule has 14 heavy (non-hydrogen) atoms.